The number of carbonyl (C=O) groups excluding carboxylic acids is 1. The van der Waals surface area contributed by atoms with Crippen molar-refractivity contribution in [1.82, 2.24) is 10.2 Å². The Kier molecular flexibility index (Phi) is 4.59. The van der Waals surface area contributed by atoms with Crippen LogP contribution in [-0.4, -0.2) is 29.9 Å². The van der Waals surface area contributed by atoms with Gasteiger partial charge in [-0.05, 0) is 31.4 Å². The number of benzene rings is 1. The number of hydrogen-bond acceptors (Lipinski definition) is 2. The third kappa shape index (κ3) is 3.23. The molecular formula is C13H16ClN3O. The van der Waals surface area contributed by atoms with Gasteiger partial charge in [0, 0.05) is 30.4 Å². The highest BCUT2D eigenvalue weighted by molar-refractivity contribution is 6.21. The lowest BCUT2D eigenvalue weighted by Crippen LogP contribution is -2.46. The van der Waals surface area contributed by atoms with Crippen molar-refractivity contribution in [2.45, 2.75) is 19.3 Å². The molecular weight excluding hydrogens is 250 g/mol. The highest BCUT2D eigenvalue weighted by Gasteiger charge is 2.17. The topological polar surface area (TPSA) is 44.7 Å². The van der Waals surface area contributed by atoms with Crippen LogP contribution in [0.25, 0.3) is 0 Å². The molecule has 18 heavy (non-hydrogen) atoms. The van der Waals surface area contributed by atoms with Crippen LogP contribution in [0.15, 0.2) is 34.8 Å². The molecule has 1 fully saturated rings. The Morgan fingerprint density at radius 3 is 2.44 bits per heavy atom. The zero-order valence-corrected chi connectivity index (χ0v) is 10.9. The molecule has 0 aliphatic carbocycles. The third-order valence-corrected chi connectivity index (χ3v) is 3.16. The average Bonchev–Trinajstić information content (AvgIpc) is 2.46. The van der Waals surface area contributed by atoms with Gasteiger partial charge in [0.1, 0.15) is 0 Å². The molecule has 0 aromatic heterocycles. The lowest BCUT2D eigenvalue weighted by molar-refractivity contribution is 0.0971. The number of guanidine groups is 1. The van der Waals surface area contributed by atoms with Crippen LogP contribution in [0.1, 0.15) is 29.6 Å². The molecule has 1 amide bonds. The first-order valence-corrected chi connectivity index (χ1v) is 6.45. The van der Waals surface area contributed by atoms with E-state index >= 15 is 0 Å². The Morgan fingerprint density at radius 2 is 1.83 bits per heavy atom. The summed E-state index contributed by atoms with van der Waals surface area (Å²) in [6, 6.07) is 9.05. The van der Waals surface area contributed by atoms with Crippen molar-refractivity contribution in [2.24, 2.45) is 4.51 Å². The van der Waals surface area contributed by atoms with Crippen molar-refractivity contribution in [1.29, 1.82) is 0 Å². The number of amides is 1. The van der Waals surface area contributed by atoms with Gasteiger partial charge in [0.25, 0.3) is 5.91 Å². The minimum atomic E-state index is -0.180. The highest BCUT2D eigenvalue weighted by atomic mass is 35.5. The predicted octanol–water partition coefficient (Wildman–Crippen LogP) is 2.41. The summed E-state index contributed by atoms with van der Waals surface area (Å²) in [7, 11) is 0. The van der Waals surface area contributed by atoms with Gasteiger partial charge in [0.05, 0.1) is 0 Å². The molecule has 1 aromatic rings. The molecule has 96 valence electrons. The molecule has 0 spiro atoms. The van der Waals surface area contributed by atoms with Gasteiger partial charge in [-0.2, -0.15) is 0 Å². The minimum Gasteiger partial charge on any atom is -0.342 e. The first-order chi connectivity index (χ1) is 8.81. The Hall–Kier alpha value is -1.55. The maximum atomic E-state index is 12.0. The molecule has 1 aromatic carbocycles. The van der Waals surface area contributed by atoms with Crippen LogP contribution in [0.3, 0.4) is 0 Å². The van der Waals surface area contributed by atoms with Crippen LogP contribution in [0.2, 0.25) is 0 Å². The highest BCUT2D eigenvalue weighted by Crippen LogP contribution is 2.09. The van der Waals surface area contributed by atoms with Crippen molar-refractivity contribution in [3.63, 3.8) is 0 Å². The van der Waals surface area contributed by atoms with Gasteiger partial charge in [-0.3, -0.25) is 10.1 Å². The van der Waals surface area contributed by atoms with E-state index in [0.717, 1.165) is 25.9 Å². The molecule has 0 unspecified atom stereocenters. The molecule has 0 saturated carbocycles. The molecule has 4 nitrogen and oxygen atoms in total. The van der Waals surface area contributed by atoms with Gasteiger partial charge < -0.3 is 4.90 Å². The average molecular weight is 266 g/mol. The van der Waals surface area contributed by atoms with Crippen molar-refractivity contribution in [2.75, 3.05) is 13.1 Å². The molecule has 5 heteroatoms. The van der Waals surface area contributed by atoms with Crippen LogP contribution in [-0.2, 0) is 0 Å². The predicted molar refractivity (Wildman–Crippen MR) is 72.6 cm³/mol. The zero-order chi connectivity index (χ0) is 12.8. The summed E-state index contributed by atoms with van der Waals surface area (Å²) < 4.78 is 3.66. The lowest BCUT2D eigenvalue weighted by Gasteiger charge is -2.28. The van der Waals surface area contributed by atoms with E-state index in [4.69, 9.17) is 11.8 Å². The van der Waals surface area contributed by atoms with Crippen LogP contribution in [0, 0.1) is 0 Å². The van der Waals surface area contributed by atoms with Crippen molar-refractivity contribution in [3.8, 4) is 0 Å². The second-order valence-electron chi connectivity index (χ2n) is 4.28. The van der Waals surface area contributed by atoms with Gasteiger partial charge in [0.15, 0.2) is 0 Å². The Balaban J connectivity index is 2.00. The van der Waals surface area contributed by atoms with E-state index in [1.807, 2.05) is 23.1 Å². The second-order valence-corrected chi connectivity index (χ2v) is 4.45. The molecule has 0 atom stereocenters. The Labute approximate surface area is 112 Å². The van der Waals surface area contributed by atoms with Crippen LogP contribution >= 0.6 is 11.8 Å². The molecule has 1 aliphatic rings. The monoisotopic (exact) mass is 265 g/mol. The van der Waals surface area contributed by atoms with E-state index in [1.54, 1.807) is 12.1 Å². The summed E-state index contributed by atoms with van der Waals surface area (Å²) in [6.45, 7) is 1.78. The number of hydrogen-bond donors (Lipinski definition) is 1. The number of nitrogens with zero attached hydrogens (tertiary/aromatic N) is 2. The summed E-state index contributed by atoms with van der Waals surface area (Å²) in [5.41, 5.74) is 0.604. The van der Waals surface area contributed by atoms with Crippen LogP contribution in [0.4, 0.5) is 0 Å². The zero-order valence-electron chi connectivity index (χ0n) is 10.1. The Bertz CT molecular complexity index is 427. The molecule has 1 heterocycles. The van der Waals surface area contributed by atoms with E-state index in [2.05, 4.69) is 9.83 Å². The fourth-order valence-corrected chi connectivity index (χ4v) is 2.17. The summed E-state index contributed by atoms with van der Waals surface area (Å²) in [4.78, 5) is 14.0. The van der Waals surface area contributed by atoms with E-state index in [9.17, 15) is 4.79 Å². The maximum absolute atomic E-state index is 12.0. The summed E-state index contributed by atoms with van der Waals surface area (Å²) in [6.07, 6.45) is 3.44. The number of rotatable bonds is 1. The van der Waals surface area contributed by atoms with Gasteiger partial charge in [-0.25, -0.2) is 0 Å². The van der Waals surface area contributed by atoms with Crippen LogP contribution in [0.5, 0.6) is 0 Å². The largest absolute Gasteiger partial charge is 0.342 e. The first-order valence-electron chi connectivity index (χ1n) is 6.11. The standard InChI is InChI=1S/C13H16ClN3O/c14-16-13(17-9-5-2-6-10-17)15-12(18)11-7-3-1-4-8-11/h1,3-4,7-8H,2,5-6,9-10H2,(H,15,16,18). The second kappa shape index (κ2) is 6.40. The quantitative estimate of drug-likeness (QED) is 0.626. The summed E-state index contributed by atoms with van der Waals surface area (Å²) in [5.74, 6) is 0.269. The van der Waals surface area contributed by atoms with Gasteiger partial charge in [-0.1, -0.05) is 18.2 Å². The SMILES string of the molecule is O=C(NC(=NCl)N1CCCCC1)c1ccccc1. The number of piperidine rings is 1. The van der Waals surface area contributed by atoms with E-state index in [-0.39, 0.29) is 5.91 Å². The third-order valence-electron chi connectivity index (χ3n) is 3.00. The van der Waals surface area contributed by atoms with Gasteiger partial charge in [0.2, 0.25) is 5.96 Å². The van der Waals surface area contributed by atoms with E-state index in [0.29, 0.717) is 11.5 Å². The van der Waals surface area contributed by atoms with Gasteiger partial charge in [-0.15, -0.1) is 4.51 Å². The fourth-order valence-electron chi connectivity index (χ4n) is 2.02. The van der Waals surface area contributed by atoms with E-state index in [1.165, 1.54) is 6.42 Å². The normalized spacial score (nSPS) is 16.5. The number of likely N-dealkylation sites (tertiary alicyclic amines) is 1. The van der Waals surface area contributed by atoms with Crippen LogP contribution < -0.4 is 5.32 Å². The molecule has 2 rings (SSSR count). The van der Waals surface area contributed by atoms with Gasteiger partial charge >= 0.3 is 0 Å². The minimum absolute atomic E-state index is 0.180. The molecule has 1 aliphatic heterocycles. The van der Waals surface area contributed by atoms with E-state index < -0.39 is 0 Å². The maximum Gasteiger partial charge on any atom is 0.257 e. The number of carbonyl (C=O) groups is 1. The van der Waals surface area contributed by atoms with Crippen molar-refractivity contribution >= 4 is 23.6 Å². The summed E-state index contributed by atoms with van der Waals surface area (Å²) in [5, 5.41) is 2.76. The van der Waals surface area contributed by atoms with Crippen molar-refractivity contribution < 1.29 is 4.79 Å². The molecule has 1 saturated heterocycles. The lowest BCUT2D eigenvalue weighted by atomic mass is 10.1. The smallest absolute Gasteiger partial charge is 0.257 e. The molecule has 1 N–H and O–H groups in total. The van der Waals surface area contributed by atoms with Crippen molar-refractivity contribution in [3.05, 3.63) is 35.9 Å². The number of halogens is 1. The number of nitrogens with one attached hydrogen (secondary N) is 1. The summed E-state index contributed by atoms with van der Waals surface area (Å²) >= 11 is 5.56. The fraction of sp³-hybridized carbons (Fsp3) is 0.385. The molecule has 0 radical (unpaired) electrons. The first kappa shape index (κ1) is 12.9. The molecule has 0 bridgehead atoms. The Morgan fingerprint density at radius 1 is 1.17 bits per heavy atom.